The molecule has 2 fully saturated rings. The highest BCUT2D eigenvalue weighted by atomic mass is 35.5. The third-order valence-corrected chi connectivity index (χ3v) is 3.93. The van der Waals surface area contributed by atoms with Gasteiger partial charge in [0.15, 0.2) is 0 Å². The van der Waals surface area contributed by atoms with Gasteiger partial charge in [0.05, 0.1) is 0 Å². The van der Waals surface area contributed by atoms with Crippen molar-refractivity contribution < 1.29 is 4.79 Å². The average Bonchev–Trinajstić information content (AvgIpc) is 2.77. The van der Waals surface area contributed by atoms with Crippen molar-refractivity contribution >= 4 is 18.3 Å². The zero-order valence-corrected chi connectivity index (χ0v) is 10.8. The van der Waals surface area contributed by atoms with Gasteiger partial charge in [0.1, 0.15) is 0 Å². The van der Waals surface area contributed by atoms with Gasteiger partial charge >= 0.3 is 0 Å². The van der Waals surface area contributed by atoms with Crippen LogP contribution in [-0.2, 0) is 4.79 Å². The lowest BCUT2D eigenvalue weighted by molar-refractivity contribution is -0.131. The molecule has 0 spiro atoms. The minimum Gasteiger partial charge on any atom is -0.342 e. The molecule has 2 aliphatic rings. The van der Waals surface area contributed by atoms with Gasteiger partial charge in [-0.2, -0.15) is 0 Å². The Morgan fingerprint density at radius 1 is 1.38 bits per heavy atom. The van der Waals surface area contributed by atoms with Crippen LogP contribution in [0.5, 0.6) is 0 Å². The number of rotatable bonds is 2. The summed E-state index contributed by atoms with van der Waals surface area (Å²) in [5.41, 5.74) is 5.98. The maximum Gasteiger partial charge on any atom is 0.222 e. The van der Waals surface area contributed by atoms with E-state index in [4.69, 9.17) is 5.73 Å². The van der Waals surface area contributed by atoms with Gasteiger partial charge in [0.25, 0.3) is 0 Å². The molecule has 3 atom stereocenters. The molecule has 0 bridgehead atoms. The van der Waals surface area contributed by atoms with E-state index in [1.54, 1.807) is 0 Å². The topological polar surface area (TPSA) is 46.3 Å². The van der Waals surface area contributed by atoms with Crippen LogP contribution in [-0.4, -0.2) is 29.9 Å². The Morgan fingerprint density at radius 3 is 2.62 bits per heavy atom. The molecule has 1 saturated heterocycles. The van der Waals surface area contributed by atoms with Crippen LogP contribution in [0.25, 0.3) is 0 Å². The summed E-state index contributed by atoms with van der Waals surface area (Å²) in [5.74, 6) is 1.47. The molecule has 1 saturated carbocycles. The molecule has 0 radical (unpaired) electrons. The van der Waals surface area contributed by atoms with E-state index in [1.807, 2.05) is 4.90 Å². The summed E-state index contributed by atoms with van der Waals surface area (Å²) in [6.45, 7) is 4.14. The summed E-state index contributed by atoms with van der Waals surface area (Å²) in [6, 6.07) is 0.272. The number of likely N-dealkylation sites (tertiary alicyclic amines) is 1. The van der Waals surface area contributed by atoms with E-state index in [-0.39, 0.29) is 18.4 Å². The summed E-state index contributed by atoms with van der Waals surface area (Å²) in [6.07, 6.45) is 5.32. The lowest BCUT2D eigenvalue weighted by Gasteiger charge is -2.20. The Balaban J connectivity index is 0.00000128. The lowest BCUT2D eigenvalue weighted by atomic mass is 9.99. The zero-order chi connectivity index (χ0) is 10.8. The fraction of sp³-hybridized carbons (Fsp3) is 0.917. The molecule has 1 heterocycles. The van der Waals surface area contributed by atoms with Gasteiger partial charge in [-0.1, -0.05) is 13.3 Å². The van der Waals surface area contributed by atoms with E-state index in [0.717, 1.165) is 25.9 Å². The molecule has 94 valence electrons. The molecule has 2 N–H and O–H groups in total. The molecular formula is C12H23ClN2O. The minimum atomic E-state index is 0. The molecule has 3 nitrogen and oxygen atoms in total. The fourth-order valence-electron chi connectivity index (χ4n) is 2.83. The first-order valence-corrected chi connectivity index (χ1v) is 6.20. The molecular weight excluding hydrogens is 224 g/mol. The van der Waals surface area contributed by atoms with Crippen LogP contribution in [0.15, 0.2) is 0 Å². The van der Waals surface area contributed by atoms with Gasteiger partial charge in [-0.25, -0.2) is 0 Å². The van der Waals surface area contributed by atoms with Crippen molar-refractivity contribution in [2.75, 3.05) is 13.1 Å². The van der Waals surface area contributed by atoms with E-state index in [0.29, 0.717) is 24.2 Å². The third-order valence-electron chi connectivity index (χ3n) is 3.93. The number of carbonyl (C=O) groups excluding carboxylic acids is 1. The molecule has 0 aromatic rings. The number of nitrogens with two attached hydrogens (primary N) is 1. The van der Waals surface area contributed by atoms with Crippen LogP contribution in [0, 0.1) is 11.8 Å². The molecule has 2 rings (SSSR count). The standard InChI is InChI=1S/C12H22N2O.ClH/c1-9-5-6-14(8-9)12(15)7-10-3-2-4-11(10)13;/h9-11H,2-8,13H2,1H3;1H/t9?,10-,11+;/m0./s1. The first-order chi connectivity index (χ1) is 7.16. The quantitative estimate of drug-likeness (QED) is 0.808. The smallest absolute Gasteiger partial charge is 0.222 e. The van der Waals surface area contributed by atoms with Crippen LogP contribution in [0.1, 0.15) is 39.0 Å². The first-order valence-electron chi connectivity index (χ1n) is 6.20. The van der Waals surface area contributed by atoms with Gasteiger partial charge in [-0.3, -0.25) is 4.79 Å². The average molecular weight is 247 g/mol. The van der Waals surface area contributed by atoms with Crippen LogP contribution in [0.3, 0.4) is 0 Å². The van der Waals surface area contributed by atoms with Gasteiger partial charge < -0.3 is 10.6 Å². The zero-order valence-electron chi connectivity index (χ0n) is 10.0. The van der Waals surface area contributed by atoms with Crippen molar-refractivity contribution in [1.29, 1.82) is 0 Å². The largest absolute Gasteiger partial charge is 0.342 e. The molecule has 0 aromatic carbocycles. The Hall–Kier alpha value is -0.280. The molecule has 1 aliphatic carbocycles. The number of carbonyl (C=O) groups is 1. The minimum absolute atomic E-state index is 0. The lowest BCUT2D eigenvalue weighted by Crippen LogP contribution is -2.33. The number of halogens is 1. The SMILES string of the molecule is CC1CCN(C(=O)C[C@@H]2CCC[C@H]2N)C1.Cl. The Labute approximate surface area is 104 Å². The highest BCUT2D eigenvalue weighted by molar-refractivity contribution is 5.85. The Kier molecular flexibility index (Phi) is 5.06. The molecule has 0 aromatic heterocycles. The van der Waals surface area contributed by atoms with Crippen LogP contribution in [0.2, 0.25) is 0 Å². The van der Waals surface area contributed by atoms with E-state index >= 15 is 0 Å². The molecule has 4 heteroatoms. The Morgan fingerprint density at radius 2 is 2.12 bits per heavy atom. The van der Waals surface area contributed by atoms with Crippen molar-refractivity contribution in [3.63, 3.8) is 0 Å². The second-order valence-electron chi connectivity index (χ2n) is 5.29. The summed E-state index contributed by atoms with van der Waals surface area (Å²) < 4.78 is 0. The maximum absolute atomic E-state index is 12.0. The number of amides is 1. The molecule has 1 amide bonds. The number of nitrogens with zero attached hydrogens (tertiary/aromatic N) is 1. The highest BCUT2D eigenvalue weighted by Gasteiger charge is 2.30. The number of hydrogen-bond donors (Lipinski definition) is 1. The van der Waals surface area contributed by atoms with Crippen molar-refractivity contribution in [2.24, 2.45) is 17.6 Å². The first kappa shape index (κ1) is 13.8. The molecule has 1 unspecified atom stereocenters. The fourth-order valence-corrected chi connectivity index (χ4v) is 2.83. The van der Waals surface area contributed by atoms with Gasteiger partial charge in [0, 0.05) is 25.6 Å². The van der Waals surface area contributed by atoms with E-state index in [9.17, 15) is 4.79 Å². The van der Waals surface area contributed by atoms with Crippen molar-refractivity contribution in [1.82, 2.24) is 4.90 Å². The predicted molar refractivity (Wildman–Crippen MR) is 67.5 cm³/mol. The maximum atomic E-state index is 12.0. The van der Waals surface area contributed by atoms with Crippen molar-refractivity contribution in [2.45, 2.75) is 45.1 Å². The second-order valence-corrected chi connectivity index (χ2v) is 5.29. The van der Waals surface area contributed by atoms with Gasteiger partial charge in [-0.05, 0) is 31.1 Å². The normalized spacial score (nSPS) is 33.9. The van der Waals surface area contributed by atoms with Gasteiger partial charge in [0.2, 0.25) is 5.91 Å². The second kappa shape index (κ2) is 5.87. The Bertz CT molecular complexity index is 247. The summed E-state index contributed by atoms with van der Waals surface area (Å²) in [5, 5.41) is 0. The third kappa shape index (κ3) is 3.11. The van der Waals surface area contributed by atoms with Crippen LogP contribution < -0.4 is 5.73 Å². The predicted octanol–water partition coefficient (Wildman–Crippen LogP) is 1.79. The van der Waals surface area contributed by atoms with Crippen molar-refractivity contribution in [3.8, 4) is 0 Å². The van der Waals surface area contributed by atoms with E-state index in [2.05, 4.69) is 6.92 Å². The van der Waals surface area contributed by atoms with Gasteiger partial charge in [-0.15, -0.1) is 12.4 Å². The highest BCUT2D eigenvalue weighted by Crippen LogP contribution is 2.28. The van der Waals surface area contributed by atoms with Crippen LogP contribution in [0.4, 0.5) is 0 Å². The molecule has 16 heavy (non-hydrogen) atoms. The van der Waals surface area contributed by atoms with E-state index < -0.39 is 0 Å². The number of hydrogen-bond acceptors (Lipinski definition) is 2. The summed E-state index contributed by atoms with van der Waals surface area (Å²) in [4.78, 5) is 14.0. The summed E-state index contributed by atoms with van der Waals surface area (Å²) in [7, 11) is 0. The molecule has 1 aliphatic heterocycles. The van der Waals surface area contributed by atoms with Crippen LogP contribution >= 0.6 is 12.4 Å². The monoisotopic (exact) mass is 246 g/mol. The summed E-state index contributed by atoms with van der Waals surface area (Å²) >= 11 is 0. The van der Waals surface area contributed by atoms with E-state index in [1.165, 1.54) is 12.8 Å². The van der Waals surface area contributed by atoms with Crippen molar-refractivity contribution in [3.05, 3.63) is 0 Å².